The predicted octanol–water partition coefficient (Wildman–Crippen LogP) is 4.74. The molecule has 0 unspecified atom stereocenters. The fourth-order valence-electron chi connectivity index (χ4n) is 4.02. The minimum Gasteiger partial charge on any atom is -0.326 e. The lowest BCUT2D eigenvalue weighted by Crippen LogP contribution is -2.25. The van der Waals surface area contributed by atoms with Crippen LogP contribution in [-0.4, -0.2) is 25.5 Å². The Bertz CT molecular complexity index is 1340. The Kier molecular flexibility index (Phi) is 6.40. The number of rotatable bonds is 7. The molecule has 0 fully saturated rings. The second-order valence-electron chi connectivity index (χ2n) is 8.60. The van der Waals surface area contributed by atoms with E-state index in [9.17, 15) is 9.59 Å². The summed E-state index contributed by atoms with van der Waals surface area (Å²) in [5.41, 5.74) is 4.70. The number of amides is 1. The third-order valence-corrected chi connectivity index (χ3v) is 5.82. The summed E-state index contributed by atoms with van der Waals surface area (Å²) in [5, 5.41) is 12.8. The van der Waals surface area contributed by atoms with Crippen molar-refractivity contribution < 1.29 is 4.79 Å². The first-order chi connectivity index (χ1) is 15.8. The van der Waals surface area contributed by atoms with Crippen LogP contribution in [0.3, 0.4) is 0 Å². The van der Waals surface area contributed by atoms with Gasteiger partial charge in [0.05, 0.1) is 22.5 Å². The third kappa shape index (κ3) is 4.72. The number of anilines is 1. The van der Waals surface area contributed by atoms with Gasteiger partial charge in [0.15, 0.2) is 5.52 Å². The van der Waals surface area contributed by atoms with Gasteiger partial charge >= 0.3 is 0 Å². The van der Waals surface area contributed by atoms with E-state index in [0.717, 1.165) is 28.1 Å². The average molecular weight is 444 g/mol. The molecule has 0 aliphatic heterocycles. The molecular formula is C26H29N5O2. The first-order valence-electron chi connectivity index (χ1n) is 11.3. The Morgan fingerprint density at radius 1 is 1.00 bits per heavy atom. The van der Waals surface area contributed by atoms with E-state index >= 15 is 0 Å². The van der Waals surface area contributed by atoms with Crippen LogP contribution in [0.5, 0.6) is 0 Å². The predicted molar refractivity (Wildman–Crippen MR) is 131 cm³/mol. The van der Waals surface area contributed by atoms with Crippen LogP contribution in [0.25, 0.3) is 16.6 Å². The molecular weight excluding hydrogens is 414 g/mol. The molecule has 2 aromatic carbocycles. The highest BCUT2D eigenvalue weighted by Crippen LogP contribution is 2.21. The van der Waals surface area contributed by atoms with Crippen LogP contribution in [0.1, 0.15) is 49.6 Å². The Hall–Kier alpha value is -3.74. The topological polar surface area (TPSA) is 81.8 Å². The fraction of sp³-hybridized carbons (Fsp3) is 0.308. The van der Waals surface area contributed by atoms with Crippen LogP contribution in [0.2, 0.25) is 0 Å². The van der Waals surface area contributed by atoms with Gasteiger partial charge in [0.1, 0.15) is 0 Å². The molecule has 2 aromatic heterocycles. The summed E-state index contributed by atoms with van der Waals surface area (Å²) >= 11 is 0. The van der Waals surface area contributed by atoms with Gasteiger partial charge in [-0.05, 0) is 56.0 Å². The molecule has 0 spiro atoms. The normalized spacial score (nSPS) is 11.3. The van der Waals surface area contributed by atoms with Gasteiger partial charge in [-0.1, -0.05) is 44.2 Å². The summed E-state index contributed by atoms with van der Waals surface area (Å²) in [6, 6.07) is 17.6. The minimum atomic E-state index is -0.238. The van der Waals surface area contributed by atoms with Gasteiger partial charge in [0.2, 0.25) is 5.91 Å². The molecule has 0 aliphatic rings. The molecule has 0 saturated carbocycles. The van der Waals surface area contributed by atoms with Crippen LogP contribution in [0.15, 0.2) is 59.4 Å². The van der Waals surface area contributed by atoms with E-state index in [1.807, 2.05) is 68.4 Å². The highest BCUT2D eigenvalue weighted by Gasteiger charge is 2.17. The zero-order valence-corrected chi connectivity index (χ0v) is 19.5. The number of aromatic nitrogens is 4. The smallest absolute Gasteiger partial charge is 0.295 e. The van der Waals surface area contributed by atoms with Crippen molar-refractivity contribution in [2.24, 2.45) is 0 Å². The molecule has 0 aliphatic carbocycles. The van der Waals surface area contributed by atoms with Crippen LogP contribution < -0.4 is 10.9 Å². The van der Waals surface area contributed by atoms with Gasteiger partial charge in [-0.15, -0.1) is 0 Å². The summed E-state index contributed by atoms with van der Waals surface area (Å²) in [5.74, 6) is 0.367. The number of fused-ring (bicyclic) bond motifs is 1. The van der Waals surface area contributed by atoms with Crippen molar-refractivity contribution in [3.05, 3.63) is 81.9 Å². The van der Waals surface area contributed by atoms with Gasteiger partial charge in [0, 0.05) is 18.7 Å². The maximum atomic E-state index is 13.1. The second-order valence-corrected chi connectivity index (χ2v) is 8.60. The summed E-state index contributed by atoms with van der Waals surface area (Å²) in [4.78, 5) is 25.4. The van der Waals surface area contributed by atoms with E-state index in [0.29, 0.717) is 30.8 Å². The van der Waals surface area contributed by atoms with Crippen molar-refractivity contribution in [2.75, 3.05) is 5.32 Å². The first-order valence-corrected chi connectivity index (χ1v) is 11.3. The van der Waals surface area contributed by atoms with Gasteiger partial charge in [-0.3, -0.25) is 9.59 Å². The quantitative estimate of drug-likeness (QED) is 0.447. The van der Waals surface area contributed by atoms with Crippen molar-refractivity contribution in [1.29, 1.82) is 0 Å². The number of para-hydroxylation sites is 1. The Labute approximate surface area is 193 Å². The molecule has 7 heteroatoms. The van der Waals surface area contributed by atoms with E-state index < -0.39 is 0 Å². The molecule has 2 heterocycles. The Balaban J connectivity index is 1.46. The Morgan fingerprint density at radius 2 is 1.70 bits per heavy atom. The van der Waals surface area contributed by atoms with Crippen molar-refractivity contribution in [2.45, 2.75) is 53.0 Å². The summed E-state index contributed by atoms with van der Waals surface area (Å²) in [6.07, 6.45) is 0.806. The van der Waals surface area contributed by atoms with Crippen molar-refractivity contribution in [1.82, 2.24) is 19.6 Å². The molecule has 4 aromatic rings. The van der Waals surface area contributed by atoms with E-state index in [1.165, 1.54) is 10.2 Å². The molecule has 7 nitrogen and oxygen atoms in total. The molecule has 0 saturated heterocycles. The number of carbonyl (C=O) groups is 1. The fourth-order valence-corrected chi connectivity index (χ4v) is 4.02. The number of benzene rings is 2. The largest absolute Gasteiger partial charge is 0.326 e. The zero-order valence-electron chi connectivity index (χ0n) is 19.5. The van der Waals surface area contributed by atoms with Gasteiger partial charge in [-0.25, -0.2) is 9.36 Å². The zero-order chi connectivity index (χ0) is 23.5. The SMILES string of the molecule is Cc1nn(CCCC(=O)Nc2ccc(C(C)C)cc2)c(=O)c2nn(-c3ccccc3)c(C)c12. The number of carbonyl (C=O) groups excluding carboxylic acids is 1. The third-order valence-electron chi connectivity index (χ3n) is 5.82. The molecule has 0 atom stereocenters. The maximum Gasteiger partial charge on any atom is 0.295 e. The monoisotopic (exact) mass is 443 g/mol. The molecule has 170 valence electrons. The van der Waals surface area contributed by atoms with E-state index in [2.05, 4.69) is 29.4 Å². The van der Waals surface area contributed by atoms with Crippen molar-refractivity contribution in [3.63, 3.8) is 0 Å². The van der Waals surface area contributed by atoms with Crippen molar-refractivity contribution in [3.8, 4) is 5.69 Å². The highest BCUT2D eigenvalue weighted by molar-refractivity contribution is 5.90. The summed E-state index contributed by atoms with van der Waals surface area (Å²) < 4.78 is 3.20. The van der Waals surface area contributed by atoms with Gasteiger partial charge in [0.25, 0.3) is 5.56 Å². The van der Waals surface area contributed by atoms with Crippen LogP contribution in [-0.2, 0) is 11.3 Å². The molecule has 0 radical (unpaired) electrons. The molecule has 33 heavy (non-hydrogen) atoms. The second kappa shape index (κ2) is 9.40. The van der Waals surface area contributed by atoms with Crippen LogP contribution in [0, 0.1) is 13.8 Å². The lowest BCUT2D eigenvalue weighted by atomic mass is 10.0. The van der Waals surface area contributed by atoms with E-state index in [1.54, 1.807) is 4.68 Å². The number of nitrogens with zero attached hydrogens (tertiary/aromatic N) is 4. The minimum absolute atomic E-state index is 0.0812. The van der Waals surface area contributed by atoms with Gasteiger partial charge < -0.3 is 5.32 Å². The maximum absolute atomic E-state index is 13.1. The lowest BCUT2D eigenvalue weighted by Gasteiger charge is -2.09. The molecule has 1 amide bonds. The average Bonchev–Trinajstić information content (AvgIpc) is 3.16. The highest BCUT2D eigenvalue weighted by atomic mass is 16.1. The van der Waals surface area contributed by atoms with Crippen molar-refractivity contribution >= 4 is 22.5 Å². The summed E-state index contributed by atoms with van der Waals surface area (Å²) in [7, 11) is 0. The van der Waals surface area contributed by atoms with E-state index in [4.69, 9.17) is 0 Å². The summed E-state index contributed by atoms with van der Waals surface area (Å²) in [6.45, 7) is 8.45. The molecule has 4 rings (SSSR count). The number of hydrogen-bond donors (Lipinski definition) is 1. The van der Waals surface area contributed by atoms with Gasteiger partial charge in [-0.2, -0.15) is 10.2 Å². The lowest BCUT2D eigenvalue weighted by molar-refractivity contribution is -0.116. The van der Waals surface area contributed by atoms with Crippen LogP contribution >= 0.6 is 0 Å². The number of hydrogen-bond acceptors (Lipinski definition) is 4. The van der Waals surface area contributed by atoms with Crippen LogP contribution in [0.4, 0.5) is 5.69 Å². The first kappa shape index (κ1) is 22.5. The Morgan fingerprint density at radius 3 is 2.36 bits per heavy atom. The molecule has 1 N–H and O–H groups in total. The molecule has 0 bridgehead atoms. The van der Waals surface area contributed by atoms with E-state index in [-0.39, 0.29) is 11.5 Å². The number of aryl methyl sites for hydroxylation is 3. The standard InChI is InChI=1S/C26H29N5O2/c1-17(2)20-12-14-21(15-13-20)27-23(32)11-8-16-30-26(33)25-24(18(3)28-30)19(4)31(29-25)22-9-6-5-7-10-22/h5-7,9-10,12-15,17H,8,11,16H2,1-4H3,(H,27,32). The number of nitrogens with one attached hydrogen (secondary N) is 1.